The Balaban J connectivity index is 1.61. The molecule has 1 saturated carbocycles. The van der Waals surface area contributed by atoms with Crippen LogP contribution in [0.25, 0.3) is 0 Å². The molecule has 0 bridgehead atoms. The maximum absolute atomic E-state index is 13.8. The number of hydrogen-bond donors (Lipinski definition) is 1. The molecule has 3 rings (SSSR count). The first-order valence-electron chi connectivity index (χ1n) is 7.69. The fraction of sp³-hybridized carbons (Fsp3) is 0.500. The maximum atomic E-state index is 13.8. The van der Waals surface area contributed by atoms with Gasteiger partial charge in [0.2, 0.25) is 5.91 Å². The second-order valence-electron chi connectivity index (χ2n) is 6.04. The van der Waals surface area contributed by atoms with Gasteiger partial charge in [0.05, 0.1) is 17.5 Å². The quantitative estimate of drug-likeness (QED) is 0.920. The van der Waals surface area contributed by atoms with Crippen molar-refractivity contribution >= 4 is 17.6 Å². The molecule has 5 nitrogen and oxygen atoms in total. The second-order valence-corrected chi connectivity index (χ2v) is 6.04. The molecule has 2 fully saturated rings. The highest BCUT2D eigenvalue weighted by atomic mass is 19.1. The largest absolute Gasteiger partial charge is 0.481 e. The molecule has 1 saturated heterocycles. The lowest BCUT2D eigenvalue weighted by Gasteiger charge is -2.41. The molecule has 124 valence electrons. The van der Waals surface area contributed by atoms with Gasteiger partial charge < -0.3 is 14.9 Å². The van der Waals surface area contributed by atoms with E-state index < -0.39 is 29.4 Å². The van der Waals surface area contributed by atoms with Crippen LogP contribution in [0.15, 0.2) is 18.2 Å². The summed E-state index contributed by atoms with van der Waals surface area (Å²) >= 11 is 0. The van der Waals surface area contributed by atoms with E-state index >= 15 is 0 Å². The van der Waals surface area contributed by atoms with E-state index in [4.69, 9.17) is 5.11 Å². The number of hydrogen-bond acceptors (Lipinski definition) is 3. The van der Waals surface area contributed by atoms with Gasteiger partial charge in [-0.3, -0.25) is 9.59 Å². The van der Waals surface area contributed by atoms with Gasteiger partial charge in [0, 0.05) is 32.2 Å². The number of aliphatic carboxylic acids is 1. The Labute approximate surface area is 132 Å². The van der Waals surface area contributed by atoms with E-state index in [-0.39, 0.29) is 11.6 Å². The van der Waals surface area contributed by atoms with Crippen LogP contribution in [0.1, 0.15) is 12.8 Å². The van der Waals surface area contributed by atoms with Crippen LogP contribution in [0.3, 0.4) is 0 Å². The van der Waals surface area contributed by atoms with Crippen molar-refractivity contribution in [3.63, 3.8) is 0 Å². The van der Waals surface area contributed by atoms with Crippen LogP contribution in [0.4, 0.5) is 14.5 Å². The smallest absolute Gasteiger partial charge is 0.307 e. The Hall–Kier alpha value is -2.18. The Morgan fingerprint density at radius 1 is 1.04 bits per heavy atom. The average Bonchev–Trinajstić information content (AvgIpc) is 2.48. The zero-order valence-corrected chi connectivity index (χ0v) is 12.5. The molecule has 1 aromatic rings. The van der Waals surface area contributed by atoms with E-state index in [2.05, 4.69) is 0 Å². The SMILES string of the molecule is O=C(O)C1CCC1C(=O)N1CCN(c2cc(F)ccc2F)CC1. The lowest BCUT2D eigenvalue weighted by molar-refractivity contribution is -0.156. The number of halogens is 2. The molecule has 0 radical (unpaired) electrons. The summed E-state index contributed by atoms with van der Waals surface area (Å²) in [5.74, 6) is -3.07. The van der Waals surface area contributed by atoms with Crippen molar-refractivity contribution in [2.24, 2.45) is 11.8 Å². The summed E-state index contributed by atoms with van der Waals surface area (Å²) in [7, 11) is 0. The number of anilines is 1. The normalized spacial score (nSPS) is 24.3. The van der Waals surface area contributed by atoms with Crippen LogP contribution in [0.2, 0.25) is 0 Å². The van der Waals surface area contributed by atoms with E-state index in [0.29, 0.717) is 39.0 Å². The summed E-state index contributed by atoms with van der Waals surface area (Å²) in [5.41, 5.74) is 0.198. The molecule has 2 unspecified atom stereocenters. The number of carbonyl (C=O) groups is 2. The van der Waals surface area contributed by atoms with Gasteiger partial charge in [0.15, 0.2) is 0 Å². The molecular formula is C16H18F2N2O3. The first kappa shape index (κ1) is 15.7. The summed E-state index contributed by atoms with van der Waals surface area (Å²) in [6.07, 6.45) is 1.15. The molecule has 1 N–H and O–H groups in total. The number of benzene rings is 1. The van der Waals surface area contributed by atoms with Crippen LogP contribution in [0, 0.1) is 23.5 Å². The topological polar surface area (TPSA) is 60.9 Å². The fourth-order valence-corrected chi connectivity index (χ4v) is 3.22. The molecule has 2 aliphatic rings. The highest BCUT2D eigenvalue weighted by Crippen LogP contribution is 2.36. The summed E-state index contributed by atoms with van der Waals surface area (Å²) < 4.78 is 27.1. The zero-order valence-electron chi connectivity index (χ0n) is 12.5. The van der Waals surface area contributed by atoms with Crippen molar-refractivity contribution in [3.05, 3.63) is 29.8 Å². The summed E-state index contributed by atoms with van der Waals surface area (Å²) in [4.78, 5) is 26.7. The first-order chi connectivity index (χ1) is 11.0. The molecule has 0 spiro atoms. The van der Waals surface area contributed by atoms with Crippen molar-refractivity contribution in [1.82, 2.24) is 4.90 Å². The van der Waals surface area contributed by atoms with Crippen LogP contribution in [-0.2, 0) is 9.59 Å². The van der Waals surface area contributed by atoms with E-state index in [0.717, 1.165) is 18.2 Å². The Morgan fingerprint density at radius 3 is 2.26 bits per heavy atom. The standard InChI is InChI=1S/C16H18F2N2O3/c17-10-1-4-13(18)14(9-10)19-5-7-20(8-6-19)15(21)11-2-3-12(11)16(22)23/h1,4,9,11-12H,2-3,5-8H2,(H,22,23). The molecule has 1 aliphatic heterocycles. The van der Waals surface area contributed by atoms with Gasteiger partial charge in [-0.25, -0.2) is 8.78 Å². The molecule has 2 atom stereocenters. The van der Waals surface area contributed by atoms with Gasteiger partial charge in [-0.2, -0.15) is 0 Å². The van der Waals surface area contributed by atoms with Gasteiger partial charge in [0.25, 0.3) is 0 Å². The molecule has 1 amide bonds. The van der Waals surface area contributed by atoms with Gasteiger partial charge >= 0.3 is 5.97 Å². The van der Waals surface area contributed by atoms with E-state index in [9.17, 15) is 18.4 Å². The molecule has 23 heavy (non-hydrogen) atoms. The number of amides is 1. The van der Waals surface area contributed by atoms with E-state index in [1.807, 2.05) is 0 Å². The third-order valence-corrected chi connectivity index (χ3v) is 4.75. The number of carboxylic acids is 1. The number of carbonyl (C=O) groups excluding carboxylic acids is 1. The highest BCUT2D eigenvalue weighted by molar-refractivity contribution is 5.86. The van der Waals surface area contributed by atoms with E-state index in [1.54, 1.807) is 9.80 Å². The fourth-order valence-electron chi connectivity index (χ4n) is 3.22. The summed E-state index contributed by atoms with van der Waals surface area (Å²) in [6.45, 7) is 1.57. The zero-order chi connectivity index (χ0) is 16.6. The van der Waals surface area contributed by atoms with Crippen molar-refractivity contribution in [2.45, 2.75) is 12.8 Å². The number of carboxylic acid groups (broad SMARTS) is 1. The molecule has 0 aromatic heterocycles. The molecule has 1 aromatic carbocycles. The monoisotopic (exact) mass is 324 g/mol. The molecular weight excluding hydrogens is 306 g/mol. The van der Waals surface area contributed by atoms with Crippen molar-refractivity contribution in [2.75, 3.05) is 31.1 Å². The minimum absolute atomic E-state index is 0.136. The molecule has 7 heteroatoms. The van der Waals surface area contributed by atoms with Crippen molar-refractivity contribution in [3.8, 4) is 0 Å². The van der Waals surface area contributed by atoms with Crippen molar-refractivity contribution in [1.29, 1.82) is 0 Å². The highest BCUT2D eigenvalue weighted by Gasteiger charge is 2.43. The maximum Gasteiger partial charge on any atom is 0.307 e. The van der Waals surface area contributed by atoms with Gasteiger partial charge in [-0.15, -0.1) is 0 Å². The van der Waals surface area contributed by atoms with Crippen LogP contribution < -0.4 is 4.90 Å². The minimum atomic E-state index is -0.921. The summed E-state index contributed by atoms with van der Waals surface area (Å²) in [6, 6.07) is 3.31. The number of piperazine rings is 1. The van der Waals surface area contributed by atoms with E-state index in [1.165, 1.54) is 0 Å². The third-order valence-electron chi connectivity index (χ3n) is 4.75. The number of nitrogens with zero attached hydrogens (tertiary/aromatic N) is 2. The van der Waals surface area contributed by atoms with Gasteiger partial charge in [-0.05, 0) is 25.0 Å². The average molecular weight is 324 g/mol. The second kappa shape index (κ2) is 6.14. The molecule has 1 heterocycles. The lowest BCUT2D eigenvalue weighted by atomic mass is 9.73. The van der Waals surface area contributed by atoms with Gasteiger partial charge in [0.1, 0.15) is 11.6 Å². The predicted molar refractivity (Wildman–Crippen MR) is 79.0 cm³/mol. The number of rotatable bonds is 3. The minimum Gasteiger partial charge on any atom is -0.481 e. The van der Waals surface area contributed by atoms with Crippen molar-refractivity contribution < 1.29 is 23.5 Å². The molecule has 1 aliphatic carbocycles. The Bertz CT molecular complexity index is 630. The van der Waals surface area contributed by atoms with Crippen LogP contribution in [0.5, 0.6) is 0 Å². The first-order valence-corrected chi connectivity index (χ1v) is 7.69. The predicted octanol–water partition coefficient (Wildman–Crippen LogP) is 1.72. The van der Waals surface area contributed by atoms with Gasteiger partial charge in [-0.1, -0.05) is 0 Å². The van der Waals surface area contributed by atoms with Crippen LogP contribution in [-0.4, -0.2) is 48.1 Å². The Morgan fingerprint density at radius 2 is 1.70 bits per heavy atom. The summed E-state index contributed by atoms with van der Waals surface area (Å²) in [5, 5.41) is 9.04. The Kier molecular flexibility index (Phi) is 4.19. The lowest BCUT2D eigenvalue weighted by Crippen LogP contribution is -2.53. The van der Waals surface area contributed by atoms with Crippen LogP contribution >= 0.6 is 0 Å². The third kappa shape index (κ3) is 3.00.